The van der Waals surface area contributed by atoms with Crippen LogP contribution in [0.25, 0.3) is 10.8 Å². The zero-order chi connectivity index (χ0) is 18.6. The van der Waals surface area contributed by atoms with Crippen molar-refractivity contribution in [2.45, 2.75) is 25.8 Å². The third kappa shape index (κ3) is 3.74. The van der Waals surface area contributed by atoms with E-state index in [0.29, 0.717) is 6.54 Å². The van der Waals surface area contributed by atoms with Crippen LogP contribution in [0.5, 0.6) is 0 Å². The number of likely N-dealkylation sites (tertiary alicyclic amines) is 1. The molecule has 1 saturated heterocycles. The second-order valence-corrected chi connectivity index (χ2v) is 7.51. The fraction of sp³-hybridized carbons (Fsp3) is 0.292. The van der Waals surface area contributed by atoms with E-state index in [1.165, 1.54) is 42.3 Å². The van der Waals surface area contributed by atoms with Crippen LogP contribution in [0.15, 0.2) is 66.7 Å². The number of carbonyl (C=O) groups excluding carboxylic acids is 1. The van der Waals surface area contributed by atoms with Crippen molar-refractivity contribution in [1.29, 1.82) is 0 Å². The average molecular weight is 359 g/mol. The molecule has 1 amide bonds. The van der Waals surface area contributed by atoms with E-state index in [-0.39, 0.29) is 11.9 Å². The van der Waals surface area contributed by atoms with Gasteiger partial charge in [0.1, 0.15) is 6.04 Å². The van der Waals surface area contributed by atoms with Gasteiger partial charge >= 0.3 is 0 Å². The second-order valence-electron chi connectivity index (χ2n) is 7.51. The van der Waals surface area contributed by atoms with Gasteiger partial charge in [0.05, 0.1) is 19.6 Å². The van der Waals surface area contributed by atoms with Gasteiger partial charge < -0.3 is 10.2 Å². The summed E-state index contributed by atoms with van der Waals surface area (Å²) in [5.74, 6) is 0.0249. The SMILES string of the molecule is Cc1ccccc1C(=O)NC[C@H](c1cccc2ccccc12)[NH+]1CCCC1. The molecule has 0 spiro atoms. The smallest absolute Gasteiger partial charge is 0.251 e. The van der Waals surface area contributed by atoms with Gasteiger partial charge in [0.25, 0.3) is 5.91 Å². The van der Waals surface area contributed by atoms with Gasteiger partial charge in [0.2, 0.25) is 0 Å². The molecule has 138 valence electrons. The van der Waals surface area contributed by atoms with Gasteiger partial charge in [-0.15, -0.1) is 0 Å². The number of hydrogen-bond acceptors (Lipinski definition) is 1. The summed E-state index contributed by atoms with van der Waals surface area (Å²) in [4.78, 5) is 14.3. The number of carbonyl (C=O) groups is 1. The molecule has 1 aliphatic rings. The highest BCUT2D eigenvalue weighted by Crippen LogP contribution is 2.23. The van der Waals surface area contributed by atoms with E-state index in [0.717, 1.165) is 11.1 Å². The Bertz CT molecular complexity index is 939. The lowest BCUT2D eigenvalue weighted by molar-refractivity contribution is -0.918. The third-order valence-corrected chi connectivity index (χ3v) is 5.79. The van der Waals surface area contributed by atoms with Crippen LogP contribution in [0.2, 0.25) is 0 Å². The maximum Gasteiger partial charge on any atom is 0.251 e. The predicted octanol–water partition coefficient (Wildman–Crippen LogP) is 3.30. The molecule has 1 atom stereocenters. The van der Waals surface area contributed by atoms with Crippen LogP contribution < -0.4 is 10.2 Å². The molecule has 27 heavy (non-hydrogen) atoms. The molecule has 2 N–H and O–H groups in total. The highest BCUT2D eigenvalue weighted by molar-refractivity contribution is 5.95. The summed E-state index contributed by atoms with van der Waals surface area (Å²) in [5.41, 5.74) is 3.13. The number of amides is 1. The Morgan fingerprint density at radius 1 is 0.963 bits per heavy atom. The quantitative estimate of drug-likeness (QED) is 0.720. The predicted molar refractivity (Wildman–Crippen MR) is 110 cm³/mol. The van der Waals surface area contributed by atoms with E-state index >= 15 is 0 Å². The summed E-state index contributed by atoms with van der Waals surface area (Å²) in [6.07, 6.45) is 2.53. The zero-order valence-electron chi connectivity index (χ0n) is 15.9. The molecule has 0 bridgehead atoms. The first kappa shape index (κ1) is 17.7. The average Bonchev–Trinajstić information content (AvgIpc) is 3.23. The van der Waals surface area contributed by atoms with Crippen molar-refractivity contribution in [3.63, 3.8) is 0 Å². The number of rotatable bonds is 5. The molecule has 1 fully saturated rings. The lowest BCUT2D eigenvalue weighted by Gasteiger charge is -2.26. The monoisotopic (exact) mass is 359 g/mol. The van der Waals surface area contributed by atoms with Gasteiger partial charge in [-0.3, -0.25) is 4.79 Å². The second kappa shape index (κ2) is 7.93. The standard InChI is InChI=1S/C24H26N2O/c1-18-9-2-4-12-20(18)24(27)25-17-23(26-15-6-7-16-26)22-14-8-11-19-10-3-5-13-21(19)22/h2-5,8-14,23H,6-7,15-17H2,1H3,(H,25,27)/p+1/t23-/m1/s1. The molecule has 1 aliphatic heterocycles. The summed E-state index contributed by atoms with van der Waals surface area (Å²) in [6, 6.07) is 23.2. The molecule has 4 rings (SSSR count). The van der Waals surface area contributed by atoms with Crippen LogP contribution >= 0.6 is 0 Å². The first-order chi connectivity index (χ1) is 13.2. The Kier molecular flexibility index (Phi) is 5.21. The van der Waals surface area contributed by atoms with Crippen LogP contribution in [0, 0.1) is 6.92 Å². The Morgan fingerprint density at radius 3 is 2.48 bits per heavy atom. The molecule has 0 aliphatic carbocycles. The summed E-state index contributed by atoms with van der Waals surface area (Å²) < 4.78 is 0. The van der Waals surface area contributed by atoms with Gasteiger partial charge in [-0.05, 0) is 29.3 Å². The fourth-order valence-electron chi connectivity index (χ4n) is 4.32. The van der Waals surface area contributed by atoms with Gasteiger partial charge in [-0.1, -0.05) is 60.7 Å². The van der Waals surface area contributed by atoms with E-state index < -0.39 is 0 Å². The highest BCUT2D eigenvalue weighted by atomic mass is 16.1. The number of aryl methyl sites for hydroxylation is 1. The van der Waals surface area contributed by atoms with Gasteiger partial charge in [0, 0.05) is 24.0 Å². The van der Waals surface area contributed by atoms with Gasteiger partial charge in [-0.2, -0.15) is 0 Å². The maximum absolute atomic E-state index is 12.8. The van der Waals surface area contributed by atoms with Crippen LogP contribution in [0.3, 0.4) is 0 Å². The topological polar surface area (TPSA) is 33.5 Å². The minimum absolute atomic E-state index is 0.0249. The molecule has 0 radical (unpaired) electrons. The van der Waals surface area contributed by atoms with E-state index in [2.05, 4.69) is 47.8 Å². The highest BCUT2D eigenvalue weighted by Gasteiger charge is 2.29. The zero-order valence-corrected chi connectivity index (χ0v) is 15.9. The number of benzene rings is 3. The number of nitrogens with one attached hydrogen (secondary N) is 2. The number of hydrogen-bond donors (Lipinski definition) is 2. The van der Waals surface area contributed by atoms with Crippen molar-refractivity contribution in [3.05, 3.63) is 83.4 Å². The minimum Gasteiger partial charge on any atom is -0.346 e. The van der Waals surface area contributed by atoms with E-state index in [4.69, 9.17) is 0 Å². The van der Waals surface area contributed by atoms with E-state index in [1.807, 2.05) is 31.2 Å². The van der Waals surface area contributed by atoms with Crippen LogP contribution in [-0.4, -0.2) is 25.5 Å². The summed E-state index contributed by atoms with van der Waals surface area (Å²) in [7, 11) is 0. The van der Waals surface area contributed by atoms with Crippen molar-refractivity contribution in [2.75, 3.05) is 19.6 Å². The van der Waals surface area contributed by atoms with Gasteiger partial charge in [-0.25, -0.2) is 0 Å². The molecule has 3 heteroatoms. The van der Waals surface area contributed by atoms with Crippen molar-refractivity contribution in [2.24, 2.45) is 0 Å². The summed E-state index contributed by atoms with van der Waals surface area (Å²) in [6.45, 7) is 5.00. The molecule has 1 heterocycles. The van der Waals surface area contributed by atoms with Gasteiger partial charge in [0.15, 0.2) is 0 Å². The van der Waals surface area contributed by atoms with Crippen molar-refractivity contribution >= 4 is 16.7 Å². The molecule has 3 aromatic carbocycles. The van der Waals surface area contributed by atoms with Crippen molar-refractivity contribution in [1.82, 2.24) is 5.32 Å². The number of fused-ring (bicyclic) bond motifs is 1. The molecular formula is C24H27N2O+. The molecule has 3 aromatic rings. The Morgan fingerprint density at radius 2 is 1.67 bits per heavy atom. The van der Waals surface area contributed by atoms with E-state index in [1.54, 1.807) is 4.90 Å². The Labute approximate surface area is 161 Å². The van der Waals surface area contributed by atoms with Crippen molar-refractivity contribution in [3.8, 4) is 0 Å². The molecular weight excluding hydrogens is 332 g/mol. The largest absolute Gasteiger partial charge is 0.346 e. The lowest BCUT2D eigenvalue weighted by Crippen LogP contribution is -3.11. The molecule has 0 saturated carbocycles. The van der Waals surface area contributed by atoms with Crippen LogP contribution in [0.1, 0.15) is 40.4 Å². The van der Waals surface area contributed by atoms with Crippen LogP contribution in [-0.2, 0) is 0 Å². The summed E-state index contributed by atoms with van der Waals surface area (Å²) in [5, 5.41) is 5.79. The Balaban J connectivity index is 1.62. The molecule has 3 nitrogen and oxygen atoms in total. The fourth-order valence-corrected chi connectivity index (χ4v) is 4.32. The number of quaternary nitrogens is 1. The molecule has 0 aromatic heterocycles. The first-order valence-electron chi connectivity index (χ1n) is 9.90. The third-order valence-electron chi connectivity index (χ3n) is 5.79. The van der Waals surface area contributed by atoms with Crippen LogP contribution in [0.4, 0.5) is 0 Å². The summed E-state index contributed by atoms with van der Waals surface area (Å²) >= 11 is 0. The normalized spacial score (nSPS) is 15.7. The lowest BCUT2D eigenvalue weighted by atomic mass is 9.97. The molecule has 0 unspecified atom stereocenters. The minimum atomic E-state index is 0.0249. The Hall–Kier alpha value is -2.65. The first-order valence-corrected chi connectivity index (χ1v) is 9.90. The van der Waals surface area contributed by atoms with Crippen molar-refractivity contribution < 1.29 is 9.69 Å². The maximum atomic E-state index is 12.8. The van der Waals surface area contributed by atoms with E-state index in [9.17, 15) is 4.79 Å².